The van der Waals surface area contributed by atoms with Crippen molar-refractivity contribution in [2.24, 2.45) is 5.73 Å². The van der Waals surface area contributed by atoms with Gasteiger partial charge in [-0.3, -0.25) is 4.79 Å². The summed E-state index contributed by atoms with van der Waals surface area (Å²) < 4.78 is 10.9. The summed E-state index contributed by atoms with van der Waals surface area (Å²) in [6.07, 6.45) is 0.275. The van der Waals surface area contributed by atoms with Gasteiger partial charge in [0.25, 0.3) is 0 Å². The van der Waals surface area contributed by atoms with Gasteiger partial charge in [0, 0.05) is 17.5 Å². The molecule has 1 aromatic rings. The molecule has 0 amide bonds. The topological polar surface area (TPSA) is 61.6 Å². The molecule has 0 bridgehead atoms. The van der Waals surface area contributed by atoms with Gasteiger partial charge in [-0.2, -0.15) is 0 Å². The molecule has 0 aromatic heterocycles. The highest BCUT2D eigenvalue weighted by molar-refractivity contribution is 6.32. The van der Waals surface area contributed by atoms with Crippen molar-refractivity contribution in [1.82, 2.24) is 0 Å². The van der Waals surface area contributed by atoms with Crippen molar-refractivity contribution in [1.29, 1.82) is 0 Å². The number of ether oxygens (including phenoxy) is 2. The Balaban J connectivity index is 2.54. The molecule has 0 radical (unpaired) electrons. The summed E-state index contributed by atoms with van der Waals surface area (Å²) in [5.41, 5.74) is 6.62. The first-order chi connectivity index (χ1) is 8.15. The van der Waals surface area contributed by atoms with Gasteiger partial charge in [0.15, 0.2) is 17.3 Å². The van der Waals surface area contributed by atoms with Crippen LogP contribution in [0.3, 0.4) is 0 Å². The van der Waals surface area contributed by atoms with E-state index < -0.39 is 0 Å². The molecular formula is C12H14ClNO3. The summed E-state index contributed by atoms with van der Waals surface area (Å²) in [6.45, 7) is 3.01. The lowest BCUT2D eigenvalue weighted by Crippen LogP contribution is -2.19. The molecule has 2 rings (SSSR count). The molecule has 1 aromatic carbocycles. The Morgan fingerprint density at radius 3 is 2.88 bits per heavy atom. The first-order valence-corrected chi connectivity index (χ1v) is 5.85. The zero-order chi connectivity index (χ0) is 12.4. The van der Waals surface area contributed by atoms with Gasteiger partial charge >= 0.3 is 0 Å². The van der Waals surface area contributed by atoms with E-state index in [9.17, 15) is 4.79 Å². The second kappa shape index (κ2) is 4.94. The monoisotopic (exact) mass is 255 g/mol. The van der Waals surface area contributed by atoms with Crippen LogP contribution in [0.25, 0.3) is 0 Å². The molecule has 0 unspecified atom stereocenters. The number of hydrogen-bond donors (Lipinski definition) is 1. The first-order valence-electron chi connectivity index (χ1n) is 5.47. The maximum Gasteiger partial charge on any atom is 0.172 e. The highest BCUT2D eigenvalue weighted by atomic mass is 35.5. The van der Waals surface area contributed by atoms with Gasteiger partial charge in [-0.25, -0.2) is 0 Å². The molecule has 92 valence electrons. The van der Waals surface area contributed by atoms with Crippen LogP contribution in [0.5, 0.6) is 11.5 Å². The van der Waals surface area contributed by atoms with Crippen LogP contribution in [-0.2, 0) is 0 Å². The van der Waals surface area contributed by atoms with E-state index >= 15 is 0 Å². The summed E-state index contributed by atoms with van der Waals surface area (Å²) >= 11 is 6.08. The van der Waals surface area contributed by atoms with Gasteiger partial charge in [0.1, 0.15) is 13.2 Å². The highest BCUT2D eigenvalue weighted by Gasteiger charge is 2.24. The van der Waals surface area contributed by atoms with Crippen molar-refractivity contribution < 1.29 is 14.3 Å². The molecule has 17 heavy (non-hydrogen) atoms. The Bertz CT molecular complexity index is 460. The average Bonchev–Trinajstić information content (AvgIpc) is 2.31. The number of Topliss-reactive ketones (excluding diaryl/α,β-unsaturated/α-hetero) is 1. The maximum absolute atomic E-state index is 12.0. The zero-order valence-corrected chi connectivity index (χ0v) is 10.3. The number of benzene rings is 1. The molecule has 5 heteroatoms. The summed E-state index contributed by atoms with van der Waals surface area (Å²) in [7, 11) is 0. The first kappa shape index (κ1) is 12.2. The Morgan fingerprint density at radius 2 is 2.18 bits per heavy atom. The van der Waals surface area contributed by atoms with Crippen LogP contribution in [0.1, 0.15) is 22.3 Å². The predicted molar refractivity (Wildman–Crippen MR) is 65.2 cm³/mol. The Kier molecular flexibility index (Phi) is 3.54. The molecule has 1 aliphatic heterocycles. The van der Waals surface area contributed by atoms with Crippen molar-refractivity contribution in [3.05, 3.63) is 22.2 Å². The lowest BCUT2D eigenvalue weighted by molar-refractivity contribution is 0.0973. The van der Waals surface area contributed by atoms with Gasteiger partial charge in [-0.15, -0.1) is 0 Å². The molecule has 0 saturated carbocycles. The van der Waals surface area contributed by atoms with E-state index in [4.69, 9.17) is 26.8 Å². The van der Waals surface area contributed by atoms with E-state index in [2.05, 4.69) is 0 Å². The van der Waals surface area contributed by atoms with Crippen molar-refractivity contribution in [3.8, 4) is 11.5 Å². The lowest BCUT2D eigenvalue weighted by atomic mass is 10.0. The van der Waals surface area contributed by atoms with Gasteiger partial charge in [-0.1, -0.05) is 11.6 Å². The van der Waals surface area contributed by atoms with Crippen molar-refractivity contribution in [2.75, 3.05) is 19.8 Å². The molecule has 4 nitrogen and oxygen atoms in total. The van der Waals surface area contributed by atoms with E-state index in [0.717, 1.165) is 5.56 Å². The fourth-order valence-electron chi connectivity index (χ4n) is 1.84. The third kappa shape index (κ3) is 2.23. The van der Waals surface area contributed by atoms with E-state index in [1.54, 1.807) is 13.0 Å². The predicted octanol–water partition coefficient (Wildman–Crippen LogP) is 1.95. The third-order valence-electron chi connectivity index (χ3n) is 2.68. The number of fused-ring (bicyclic) bond motifs is 1. The fourth-order valence-corrected chi connectivity index (χ4v) is 2.03. The molecule has 2 N–H and O–H groups in total. The van der Waals surface area contributed by atoms with Gasteiger partial charge in [0.2, 0.25) is 0 Å². The van der Waals surface area contributed by atoms with Crippen molar-refractivity contribution >= 4 is 17.4 Å². The number of carbonyl (C=O) groups is 1. The number of hydrogen-bond acceptors (Lipinski definition) is 4. The summed E-state index contributed by atoms with van der Waals surface area (Å²) in [6, 6.07) is 1.69. The number of ketones is 1. The minimum absolute atomic E-state index is 0.0609. The molecule has 1 aliphatic rings. The van der Waals surface area contributed by atoms with Gasteiger partial charge < -0.3 is 15.2 Å². The molecule has 0 fully saturated rings. The standard InChI is InChI=1S/C12H14ClNO3/c1-7-8(13)6-10-12(17-5-4-16-10)11(7)9(15)2-3-14/h6H,2-5,14H2,1H3. The van der Waals surface area contributed by atoms with E-state index in [1.807, 2.05) is 0 Å². The number of rotatable bonds is 3. The SMILES string of the molecule is Cc1c(Cl)cc2c(c1C(=O)CCN)OCCO2. The Labute approximate surface area is 105 Å². The second-order valence-electron chi connectivity index (χ2n) is 3.84. The molecule has 1 heterocycles. The van der Waals surface area contributed by atoms with Crippen LogP contribution in [0, 0.1) is 6.92 Å². The summed E-state index contributed by atoms with van der Waals surface area (Å²) in [5.74, 6) is 0.970. The molecule has 0 saturated heterocycles. The van der Waals surface area contributed by atoms with Crippen LogP contribution in [0.2, 0.25) is 5.02 Å². The quantitative estimate of drug-likeness (QED) is 0.839. The highest BCUT2D eigenvalue weighted by Crippen LogP contribution is 2.40. The maximum atomic E-state index is 12.0. The van der Waals surface area contributed by atoms with Crippen LogP contribution in [0.4, 0.5) is 0 Å². The van der Waals surface area contributed by atoms with Crippen LogP contribution < -0.4 is 15.2 Å². The number of nitrogens with two attached hydrogens (primary N) is 1. The van der Waals surface area contributed by atoms with E-state index in [-0.39, 0.29) is 12.2 Å². The summed E-state index contributed by atoms with van der Waals surface area (Å²) in [4.78, 5) is 12.0. The lowest BCUT2D eigenvalue weighted by Gasteiger charge is -2.22. The molecule has 0 aliphatic carbocycles. The largest absolute Gasteiger partial charge is 0.486 e. The minimum Gasteiger partial charge on any atom is -0.486 e. The molecule has 0 spiro atoms. The molecular weight excluding hydrogens is 242 g/mol. The zero-order valence-electron chi connectivity index (χ0n) is 9.59. The fraction of sp³-hybridized carbons (Fsp3) is 0.417. The average molecular weight is 256 g/mol. The Hall–Kier alpha value is -1.26. The van der Waals surface area contributed by atoms with Crippen LogP contribution >= 0.6 is 11.6 Å². The van der Waals surface area contributed by atoms with Crippen LogP contribution in [0.15, 0.2) is 6.07 Å². The smallest absolute Gasteiger partial charge is 0.172 e. The third-order valence-corrected chi connectivity index (χ3v) is 3.07. The second-order valence-corrected chi connectivity index (χ2v) is 4.25. The summed E-state index contributed by atoms with van der Waals surface area (Å²) in [5, 5.41) is 0.509. The number of carbonyl (C=O) groups excluding carboxylic acids is 1. The molecule has 0 atom stereocenters. The van der Waals surface area contributed by atoms with E-state index in [0.29, 0.717) is 41.8 Å². The Morgan fingerprint density at radius 1 is 1.47 bits per heavy atom. The van der Waals surface area contributed by atoms with Crippen molar-refractivity contribution in [2.45, 2.75) is 13.3 Å². The van der Waals surface area contributed by atoms with Crippen molar-refractivity contribution in [3.63, 3.8) is 0 Å². The van der Waals surface area contributed by atoms with Crippen LogP contribution in [-0.4, -0.2) is 25.5 Å². The normalized spacial score (nSPS) is 13.6. The van der Waals surface area contributed by atoms with E-state index in [1.165, 1.54) is 0 Å². The minimum atomic E-state index is -0.0609. The number of halogens is 1. The van der Waals surface area contributed by atoms with Gasteiger partial charge in [0.05, 0.1) is 5.56 Å². The van der Waals surface area contributed by atoms with Gasteiger partial charge in [-0.05, 0) is 19.0 Å².